The number of hydrogen-bond donors (Lipinski definition) is 2. The van der Waals surface area contributed by atoms with Gasteiger partial charge < -0.3 is 15.8 Å². The minimum atomic E-state index is -0.564. The van der Waals surface area contributed by atoms with Crippen LogP contribution in [-0.4, -0.2) is 18.9 Å². The Balaban J connectivity index is 1.93. The number of nitrogens with two attached hydrogens (primary N) is 1. The molecule has 156 valence electrons. The summed E-state index contributed by atoms with van der Waals surface area (Å²) in [6, 6.07) is 14.9. The zero-order valence-electron chi connectivity index (χ0n) is 17.6. The van der Waals surface area contributed by atoms with Crippen molar-refractivity contribution in [2.24, 2.45) is 11.7 Å². The number of nitrogens with one attached hydrogen (secondary N) is 1. The summed E-state index contributed by atoms with van der Waals surface area (Å²) in [6.45, 7) is 6.29. The number of carbonyl (C=O) groups excluding carboxylic acids is 2. The highest BCUT2D eigenvalue weighted by atomic mass is 32.1. The molecule has 0 spiro atoms. The summed E-state index contributed by atoms with van der Waals surface area (Å²) < 4.78 is 5.12. The molecule has 1 heterocycles. The Morgan fingerprint density at radius 2 is 1.70 bits per heavy atom. The summed E-state index contributed by atoms with van der Waals surface area (Å²) in [5.41, 5.74) is 9.46. The maximum Gasteiger partial charge on any atom is 0.256 e. The first-order valence-corrected chi connectivity index (χ1v) is 10.6. The molecular formula is C24H26N2O3S. The van der Waals surface area contributed by atoms with Crippen molar-refractivity contribution in [1.82, 2.24) is 0 Å². The third-order valence-electron chi connectivity index (χ3n) is 4.80. The molecule has 0 radical (unpaired) electrons. The molecule has 3 aromatic rings. The topological polar surface area (TPSA) is 81.4 Å². The lowest BCUT2D eigenvalue weighted by Gasteiger charge is -2.09. The standard InChI is InChI=1S/C24H26N2O3S/c1-14(2)13-16-5-7-17(8-6-16)20-15(3)30-24(21(20)22(25)27)26-23(28)18-9-11-19(29-4)12-10-18/h5-12,14H,13H2,1-4H3,(H2,25,27)(H,26,28). The van der Waals surface area contributed by atoms with Gasteiger partial charge in [0, 0.05) is 16.0 Å². The van der Waals surface area contributed by atoms with Crippen molar-refractivity contribution in [1.29, 1.82) is 0 Å². The minimum Gasteiger partial charge on any atom is -0.497 e. The molecule has 0 aliphatic rings. The Hall–Kier alpha value is -3.12. The Morgan fingerprint density at radius 3 is 2.23 bits per heavy atom. The van der Waals surface area contributed by atoms with Crippen molar-refractivity contribution in [3.63, 3.8) is 0 Å². The SMILES string of the molecule is COc1ccc(C(=O)Nc2sc(C)c(-c3ccc(CC(C)C)cc3)c2C(N)=O)cc1. The summed E-state index contributed by atoms with van der Waals surface area (Å²) in [5, 5.41) is 3.31. The Morgan fingerprint density at radius 1 is 1.07 bits per heavy atom. The van der Waals surface area contributed by atoms with Crippen molar-refractivity contribution < 1.29 is 14.3 Å². The first kappa shape index (κ1) is 21.6. The lowest BCUT2D eigenvalue weighted by molar-refractivity contribution is 0.100. The van der Waals surface area contributed by atoms with Gasteiger partial charge in [-0.1, -0.05) is 38.1 Å². The highest BCUT2D eigenvalue weighted by molar-refractivity contribution is 7.17. The van der Waals surface area contributed by atoms with Crippen LogP contribution < -0.4 is 15.8 Å². The Bertz CT molecular complexity index is 1050. The number of carbonyl (C=O) groups is 2. The third kappa shape index (κ3) is 4.71. The van der Waals surface area contributed by atoms with Crippen LogP contribution in [0.4, 0.5) is 5.00 Å². The van der Waals surface area contributed by atoms with Gasteiger partial charge in [-0.05, 0) is 54.7 Å². The van der Waals surface area contributed by atoms with Gasteiger partial charge >= 0.3 is 0 Å². The lowest BCUT2D eigenvalue weighted by atomic mass is 9.97. The molecule has 30 heavy (non-hydrogen) atoms. The van der Waals surface area contributed by atoms with Crippen LogP contribution in [0.3, 0.4) is 0 Å². The molecule has 0 fully saturated rings. The molecule has 2 amide bonds. The maximum absolute atomic E-state index is 12.7. The van der Waals surface area contributed by atoms with Crippen molar-refractivity contribution in [3.05, 3.63) is 70.1 Å². The van der Waals surface area contributed by atoms with E-state index in [1.807, 2.05) is 19.1 Å². The van der Waals surface area contributed by atoms with E-state index in [1.54, 1.807) is 31.4 Å². The summed E-state index contributed by atoms with van der Waals surface area (Å²) >= 11 is 1.35. The number of aryl methyl sites for hydroxylation is 1. The van der Waals surface area contributed by atoms with E-state index in [1.165, 1.54) is 16.9 Å². The van der Waals surface area contributed by atoms with Crippen molar-refractivity contribution >= 4 is 28.2 Å². The van der Waals surface area contributed by atoms with Gasteiger partial charge in [-0.15, -0.1) is 11.3 Å². The number of thiophene rings is 1. The highest BCUT2D eigenvalue weighted by Gasteiger charge is 2.23. The van der Waals surface area contributed by atoms with E-state index in [4.69, 9.17) is 10.5 Å². The Kier molecular flexibility index (Phi) is 6.57. The average molecular weight is 423 g/mol. The van der Waals surface area contributed by atoms with E-state index < -0.39 is 5.91 Å². The fourth-order valence-corrected chi connectivity index (χ4v) is 4.49. The summed E-state index contributed by atoms with van der Waals surface area (Å²) in [5.74, 6) is 0.366. The highest BCUT2D eigenvalue weighted by Crippen LogP contribution is 2.40. The molecular weight excluding hydrogens is 396 g/mol. The monoisotopic (exact) mass is 422 g/mol. The molecule has 1 aromatic heterocycles. The molecule has 5 nitrogen and oxygen atoms in total. The fraction of sp³-hybridized carbons (Fsp3) is 0.250. The van der Waals surface area contributed by atoms with E-state index in [0.717, 1.165) is 22.4 Å². The quantitative estimate of drug-likeness (QED) is 0.543. The number of hydrogen-bond acceptors (Lipinski definition) is 4. The van der Waals surface area contributed by atoms with Gasteiger partial charge in [-0.3, -0.25) is 9.59 Å². The molecule has 0 unspecified atom stereocenters. The number of primary amides is 1. The van der Waals surface area contributed by atoms with Gasteiger partial charge in [0.25, 0.3) is 11.8 Å². The molecule has 0 atom stereocenters. The predicted molar refractivity (Wildman–Crippen MR) is 122 cm³/mol. The number of rotatable bonds is 7. The van der Waals surface area contributed by atoms with Crippen LogP contribution in [-0.2, 0) is 6.42 Å². The fourth-order valence-electron chi connectivity index (χ4n) is 3.41. The van der Waals surface area contributed by atoms with Gasteiger partial charge in [0.15, 0.2) is 0 Å². The first-order chi connectivity index (χ1) is 14.3. The van der Waals surface area contributed by atoms with E-state index in [-0.39, 0.29) is 5.91 Å². The van der Waals surface area contributed by atoms with Crippen LogP contribution in [0.2, 0.25) is 0 Å². The summed E-state index contributed by atoms with van der Waals surface area (Å²) in [6.07, 6.45) is 0.995. The van der Waals surface area contributed by atoms with Crippen LogP contribution >= 0.6 is 11.3 Å². The number of ether oxygens (including phenoxy) is 1. The molecule has 0 aliphatic carbocycles. The molecule has 3 N–H and O–H groups in total. The number of benzene rings is 2. The summed E-state index contributed by atoms with van der Waals surface area (Å²) in [7, 11) is 1.57. The van der Waals surface area contributed by atoms with Crippen molar-refractivity contribution in [3.8, 4) is 16.9 Å². The van der Waals surface area contributed by atoms with Gasteiger partial charge in [-0.2, -0.15) is 0 Å². The largest absolute Gasteiger partial charge is 0.497 e. The average Bonchev–Trinajstić information content (AvgIpc) is 3.04. The van der Waals surface area contributed by atoms with Crippen LogP contribution in [0.5, 0.6) is 5.75 Å². The molecule has 0 saturated heterocycles. The smallest absolute Gasteiger partial charge is 0.256 e. The lowest BCUT2D eigenvalue weighted by Crippen LogP contribution is -2.17. The van der Waals surface area contributed by atoms with Crippen molar-refractivity contribution in [2.45, 2.75) is 27.2 Å². The molecule has 0 saturated carbocycles. The van der Waals surface area contributed by atoms with Crippen LogP contribution in [0, 0.1) is 12.8 Å². The van der Waals surface area contributed by atoms with E-state index >= 15 is 0 Å². The van der Waals surface area contributed by atoms with Gasteiger partial charge in [0.1, 0.15) is 10.8 Å². The molecule has 6 heteroatoms. The second-order valence-electron chi connectivity index (χ2n) is 7.58. The van der Waals surface area contributed by atoms with Crippen LogP contribution in [0.25, 0.3) is 11.1 Å². The van der Waals surface area contributed by atoms with Crippen molar-refractivity contribution in [2.75, 3.05) is 12.4 Å². The van der Waals surface area contributed by atoms with Gasteiger partial charge in [0.2, 0.25) is 0 Å². The molecule has 0 bridgehead atoms. The first-order valence-electron chi connectivity index (χ1n) is 9.78. The van der Waals surface area contributed by atoms with Crippen LogP contribution in [0.1, 0.15) is 45.0 Å². The van der Waals surface area contributed by atoms with E-state index in [2.05, 4.69) is 31.3 Å². The number of methoxy groups -OCH3 is 1. The predicted octanol–water partition coefficient (Wildman–Crippen LogP) is 5.28. The second-order valence-corrected chi connectivity index (χ2v) is 8.80. The second kappa shape index (κ2) is 9.13. The molecule has 2 aromatic carbocycles. The molecule has 0 aliphatic heterocycles. The van der Waals surface area contributed by atoms with Gasteiger partial charge in [0.05, 0.1) is 12.7 Å². The summed E-state index contributed by atoms with van der Waals surface area (Å²) in [4.78, 5) is 25.9. The van der Waals surface area contributed by atoms with E-state index in [0.29, 0.717) is 27.8 Å². The minimum absolute atomic E-state index is 0.305. The number of anilines is 1. The molecule has 3 rings (SSSR count). The Labute approximate surface area is 180 Å². The van der Waals surface area contributed by atoms with Gasteiger partial charge in [-0.25, -0.2) is 0 Å². The zero-order chi connectivity index (χ0) is 21.8. The third-order valence-corrected chi connectivity index (χ3v) is 5.82. The maximum atomic E-state index is 12.7. The van der Waals surface area contributed by atoms with Crippen LogP contribution in [0.15, 0.2) is 48.5 Å². The normalized spacial score (nSPS) is 10.8. The van der Waals surface area contributed by atoms with E-state index in [9.17, 15) is 9.59 Å². The zero-order valence-corrected chi connectivity index (χ0v) is 18.4. The number of amides is 2.